The van der Waals surface area contributed by atoms with E-state index in [2.05, 4.69) is 198 Å². The molecule has 306 valence electrons. The monoisotopic (exact) mass is 832 g/mol. The molecule has 3 heterocycles. The zero-order valence-electron chi connectivity index (χ0n) is 35.3. The molecule has 1 atom stereocenters. The highest BCUT2D eigenvalue weighted by molar-refractivity contribution is 7.10. The predicted octanol–water partition coefficient (Wildman–Crippen LogP) is 14.0. The van der Waals surface area contributed by atoms with Crippen LogP contribution in [0.15, 0.2) is 187 Å². The molecular formula is C59H48N2OS. The summed E-state index contributed by atoms with van der Waals surface area (Å²) in [5.74, 6) is 1.67. The van der Waals surface area contributed by atoms with Gasteiger partial charge in [0.25, 0.3) is 0 Å². The highest BCUT2D eigenvalue weighted by atomic mass is 32.1. The molecule has 0 bridgehead atoms. The number of rotatable bonds is 7. The van der Waals surface area contributed by atoms with Crippen molar-refractivity contribution in [2.75, 3.05) is 4.90 Å². The molecule has 2 aromatic heterocycles. The van der Waals surface area contributed by atoms with Crippen molar-refractivity contribution in [2.45, 2.75) is 57.4 Å². The first-order valence-corrected chi connectivity index (χ1v) is 23.5. The Labute approximate surface area is 373 Å². The Bertz CT molecular complexity index is 3320. The van der Waals surface area contributed by atoms with Gasteiger partial charge in [0, 0.05) is 37.8 Å². The fourth-order valence-electron chi connectivity index (χ4n) is 10.3. The van der Waals surface area contributed by atoms with Crippen LogP contribution < -0.4 is 19.4 Å². The summed E-state index contributed by atoms with van der Waals surface area (Å²) >= 11 is 2.04. The van der Waals surface area contributed by atoms with E-state index in [9.17, 15) is 0 Å². The molecular weight excluding hydrogens is 785 g/mol. The standard InChI is InChI=1S/C59H48N2OS/c1-4-13-40(14-5-1)43-23-24-46-36-49(27-30-55(46)60(34-33-43)47-26-32-59-54(38-47)51-21-10-11-22-58(51)63-59)62-50-28-31-57-53(39-50)52-37-45(42-17-8-3-9-18-42)25-29-56(52)61(57)48-20-12-19-44(35-48)41-15-6-2-7-16-41/h2-4,6-9,12-20,23,25,27-39,47H,1,5,10-11,21-22,24,26H2/b34-33-,43-23+. The normalized spacial score (nSPS) is 18.2. The molecule has 3 nitrogen and oxygen atoms in total. The maximum atomic E-state index is 6.90. The van der Waals surface area contributed by atoms with Gasteiger partial charge >= 0.3 is 0 Å². The number of anilines is 1. The van der Waals surface area contributed by atoms with Crippen molar-refractivity contribution in [3.05, 3.63) is 213 Å². The second-order valence-corrected chi connectivity index (χ2v) is 18.4. The van der Waals surface area contributed by atoms with Crippen molar-refractivity contribution < 1.29 is 4.74 Å². The lowest BCUT2D eigenvalue weighted by molar-refractivity contribution is 0.483. The van der Waals surface area contributed by atoms with Gasteiger partial charge in [-0.15, -0.1) is 11.3 Å². The SMILES string of the molecule is C1=CC(C2=C/Cc3cc(Oc4ccc5c(c4)c4cc(-c6ccccc6)ccc4n5-c4cccc(-c5ccccc5)c4)ccc3N(C3C=c4c5c(sc4=CC3)CCCC5)/C=C\2)=CCC1. The molecule has 0 radical (unpaired) electrons. The van der Waals surface area contributed by atoms with Gasteiger partial charge in [-0.05, 0) is 168 Å². The van der Waals surface area contributed by atoms with Crippen LogP contribution in [-0.2, 0) is 19.3 Å². The van der Waals surface area contributed by atoms with Gasteiger partial charge in [-0.2, -0.15) is 0 Å². The van der Waals surface area contributed by atoms with Crippen molar-refractivity contribution in [2.24, 2.45) is 0 Å². The van der Waals surface area contributed by atoms with E-state index in [1.165, 1.54) is 91.0 Å². The van der Waals surface area contributed by atoms with E-state index < -0.39 is 0 Å². The largest absolute Gasteiger partial charge is 0.457 e. The number of aromatic nitrogens is 1. The molecule has 0 fully saturated rings. The third-order valence-corrected chi connectivity index (χ3v) is 14.7. The summed E-state index contributed by atoms with van der Waals surface area (Å²) in [5, 5.41) is 3.85. The molecule has 3 aliphatic carbocycles. The van der Waals surface area contributed by atoms with Gasteiger partial charge in [-0.3, -0.25) is 0 Å². The van der Waals surface area contributed by atoms with E-state index in [0.717, 1.165) is 53.8 Å². The summed E-state index contributed by atoms with van der Waals surface area (Å²) in [6.07, 6.45) is 28.2. The number of allylic oxidation sites excluding steroid dienone is 7. The minimum absolute atomic E-state index is 0.240. The molecule has 8 aromatic rings. The summed E-state index contributed by atoms with van der Waals surface area (Å²) in [5.41, 5.74) is 15.0. The number of aryl methyl sites for hydroxylation is 1. The summed E-state index contributed by atoms with van der Waals surface area (Å²) in [7, 11) is 0. The topological polar surface area (TPSA) is 17.4 Å². The first-order chi connectivity index (χ1) is 31.2. The van der Waals surface area contributed by atoms with Gasteiger partial charge in [-0.25, -0.2) is 0 Å². The lowest BCUT2D eigenvalue weighted by atomic mass is 9.93. The average Bonchev–Trinajstić information content (AvgIpc) is 3.88. The van der Waals surface area contributed by atoms with Gasteiger partial charge < -0.3 is 14.2 Å². The third-order valence-electron chi connectivity index (χ3n) is 13.4. The highest BCUT2D eigenvalue weighted by Gasteiger charge is 2.24. The maximum absolute atomic E-state index is 6.90. The fraction of sp³-hybridized carbons (Fsp3) is 0.153. The predicted molar refractivity (Wildman–Crippen MR) is 266 cm³/mol. The number of benzene rings is 6. The van der Waals surface area contributed by atoms with E-state index in [0.29, 0.717) is 0 Å². The van der Waals surface area contributed by atoms with Gasteiger partial charge in [-0.1, -0.05) is 115 Å². The van der Waals surface area contributed by atoms with Crippen molar-refractivity contribution in [1.82, 2.24) is 4.57 Å². The van der Waals surface area contributed by atoms with Gasteiger partial charge in [0.05, 0.1) is 17.1 Å². The molecule has 0 saturated heterocycles. The molecule has 6 aromatic carbocycles. The van der Waals surface area contributed by atoms with Crippen LogP contribution in [-0.4, -0.2) is 10.6 Å². The van der Waals surface area contributed by atoms with Crippen LogP contribution in [0.1, 0.15) is 48.1 Å². The van der Waals surface area contributed by atoms with Crippen LogP contribution in [0, 0.1) is 0 Å². The summed E-state index contributed by atoms with van der Waals surface area (Å²) in [6, 6.07) is 50.6. The van der Waals surface area contributed by atoms with E-state index in [1.54, 1.807) is 10.4 Å². The fourth-order valence-corrected chi connectivity index (χ4v) is 11.6. The summed E-state index contributed by atoms with van der Waals surface area (Å²) in [4.78, 5) is 4.14. The number of hydrogen-bond acceptors (Lipinski definition) is 3. The molecule has 0 N–H and O–H groups in total. The summed E-state index contributed by atoms with van der Waals surface area (Å²) < 4.78 is 10.8. The Morgan fingerprint density at radius 2 is 1.32 bits per heavy atom. The number of ether oxygens (including phenoxy) is 1. The first-order valence-electron chi connectivity index (χ1n) is 22.7. The third kappa shape index (κ3) is 7.09. The van der Waals surface area contributed by atoms with Crippen LogP contribution in [0.2, 0.25) is 0 Å². The maximum Gasteiger partial charge on any atom is 0.128 e. The number of hydrogen-bond donors (Lipinski definition) is 0. The number of nitrogens with zero attached hydrogens (tertiary/aromatic N) is 2. The molecule has 4 heteroatoms. The number of fused-ring (bicyclic) bond motifs is 7. The Kier molecular flexibility index (Phi) is 9.68. The Balaban J connectivity index is 0.943. The van der Waals surface area contributed by atoms with Gasteiger partial charge in [0.15, 0.2) is 0 Å². The lowest BCUT2D eigenvalue weighted by Gasteiger charge is -2.32. The Hall–Kier alpha value is -6.88. The first kappa shape index (κ1) is 37.8. The lowest BCUT2D eigenvalue weighted by Crippen LogP contribution is -2.37. The second-order valence-electron chi connectivity index (χ2n) is 17.3. The Morgan fingerprint density at radius 1 is 0.587 bits per heavy atom. The zero-order valence-corrected chi connectivity index (χ0v) is 36.2. The van der Waals surface area contributed by atoms with Crippen LogP contribution in [0.5, 0.6) is 11.5 Å². The second kappa shape index (κ2) is 16.1. The van der Waals surface area contributed by atoms with Gasteiger partial charge in [0.1, 0.15) is 11.5 Å². The molecule has 63 heavy (non-hydrogen) atoms. The highest BCUT2D eigenvalue weighted by Crippen LogP contribution is 2.40. The van der Waals surface area contributed by atoms with Crippen molar-refractivity contribution in [3.63, 3.8) is 0 Å². The van der Waals surface area contributed by atoms with E-state index >= 15 is 0 Å². The zero-order chi connectivity index (χ0) is 41.7. The van der Waals surface area contributed by atoms with Crippen LogP contribution in [0.3, 0.4) is 0 Å². The smallest absolute Gasteiger partial charge is 0.128 e. The molecule has 4 aliphatic rings. The quantitative estimate of drug-likeness (QED) is 0.159. The van der Waals surface area contributed by atoms with E-state index in [1.807, 2.05) is 11.3 Å². The molecule has 1 aliphatic heterocycles. The average molecular weight is 833 g/mol. The van der Waals surface area contributed by atoms with Crippen LogP contribution >= 0.6 is 11.3 Å². The molecule has 1 unspecified atom stereocenters. The summed E-state index contributed by atoms with van der Waals surface area (Å²) in [6.45, 7) is 0. The van der Waals surface area contributed by atoms with Crippen LogP contribution in [0.25, 0.3) is 61.9 Å². The molecule has 0 spiro atoms. The minimum atomic E-state index is 0.240. The molecule has 0 amide bonds. The van der Waals surface area contributed by atoms with E-state index in [4.69, 9.17) is 4.74 Å². The van der Waals surface area contributed by atoms with E-state index in [-0.39, 0.29) is 6.04 Å². The van der Waals surface area contributed by atoms with Crippen LogP contribution in [0.4, 0.5) is 5.69 Å². The van der Waals surface area contributed by atoms with Crippen molar-refractivity contribution in [1.29, 1.82) is 0 Å². The van der Waals surface area contributed by atoms with Crippen molar-refractivity contribution in [3.8, 4) is 39.4 Å². The van der Waals surface area contributed by atoms with Crippen molar-refractivity contribution >= 4 is 51.0 Å². The minimum Gasteiger partial charge on any atom is -0.457 e. The number of thiophene rings is 1. The Morgan fingerprint density at radius 3 is 2.14 bits per heavy atom. The molecule has 12 rings (SSSR count). The molecule has 0 saturated carbocycles. The van der Waals surface area contributed by atoms with Gasteiger partial charge in [0.2, 0.25) is 0 Å².